The van der Waals surface area contributed by atoms with E-state index in [1.807, 2.05) is 0 Å². The van der Waals surface area contributed by atoms with Crippen molar-refractivity contribution in [3.63, 3.8) is 0 Å². The van der Waals surface area contributed by atoms with Crippen molar-refractivity contribution in [3.8, 4) is 0 Å². The van der Waals surface area contributed by atoms with Gasteiger partial charge in [0.2, 0.25) is 0 Å². The normalized spacial score (nSPS) is 14.9. The van der Waals surface area contributed by atoms with Crippen molar-refractivity contribution in [1.82, 2.24) is 5.32 Å². The number of nitrogens with one attached hydrogen (secondary N) is 1. The highest BCUT2D eigenvalue weighted by atomic mass is 31.2. The maximum Gasteiger partial charge on any atom is 0.328 e. The summed E-state index contributed by atoms with van der Waals surface area (Å²) in [5.41, 5.74) is 0. The van der Waals surface area contributed by atoms with Crippen LogP contribution in [-0.4, -0.2) is 44.5 Å². The highest BCUT2D eigenvalue weighted by molar-refractivity contribution is 7.52. The van der Waals surface area contributed by atoms with E-state index in [0.717, 1.165) is 32.5 Å². The monoisotopic (exact) mass is 253 g/mol. The molecule has 98 valence electrons. The Kier molecular flexibility index (Phi) is 10.3. The maximum atomic E-state index is 11.3. The minimum atomic E-state index is -3.31. The molecule has 0 aromatic rings. The zero-order valence-electron chi connectivity index (χ0n) is 10.3. The zero-order chi connectivity index (χ0) is 12.3. The van der Waals surface area contributed by atoms with E-state index < -0.39 is 7.60 Å². The largest absolute Gasteiger partial charge is 0.385 e. The average molecular weight is 253 g/mol. The van der Waals surface area contributed by atoms with Gasteiger partial charge in [-0.1, -0.05) is 0 Å². The summed E-state index contributed by atoms with van der Waals surface area (Å²) < 4.78 is 21.0. The van der Waals surface area contributed by atoms with E-state index >= 15 is 0 Å². The summed E-state index contributed by atoms with van der Waals surface area (Å²) in [6.07, 6.45) is 2.85. The highest BCUT2D eigenvalue weighted by Gasteiger charge is 2.16. The Labute approximate surface area is 98.1 Å². The molecule has 0 aromatic heterocycles. The lowest BCUT2D eigenvalue weighted by atomic mass is 10.3. The van der Waals surface area contributed by atoms with E-state index in [2.05, 4.69) is 5.32 Å². The number of hydrogen-bond donors (Lipinski definition) is 2. The van der Waals surface area contributed by atoms with Gasteiger partial charge in [-0.25, -0.2) is 0 Å². The van der Waals surface area contributed by atoms with Gasteiger partial charge in [-0.3, -0.25) is 4.57 Å². The van der Waals surface area contributed by atoms with Crippen LogP contribution in [0.3, 0.4) is 0 Å². The van der Waals surface area contributed by atoms with Crippen molar-refractivity contribution >= 4 is 7.60 Å². The Balaban J connectivity index is 3.23. The fourth-order valence-corrected chi connectivity index (χ4v) is 2.45. The molecule has 0 heterocycles. The van der Waals surface area contributed by atoms with Gasteiger partial charge in [0.1, 0.15) is 0 Å². The average Bonchev–Trinajstić information content (AvgIpc) is 2.22. The van der Waals surface area contributed by atoms with Gasteiger partial charge in [0.15, 0.2) is 0 Å². The fraction of sp³-hybridized carbons (Fsp3) is 1.00. The van der Waals surface area contributed by atoms with Crippen LogP contribution in [0.1, 0.15) is 26.2 Å². The minimum Gasteiger partial charge on any atom is -0.385 e. The van der Waals surface area contributed by atoms with Crippen LogP contribution in [0, 0.1) is 0 Å². The first-order valence-electron chi connectivity index (χ1n) is 5.78. The Morgan fingerprint density at radius 1 is 1.25 bits per heavy atom. The van der Waals surface area contributed by atoms with Crippen LogP contribution in [-0.2, 0) is 13.8 Å². The van der Waals surface area contributed by atoms with E-state index in [4.69, 9.17) is 9.26 Å². The van der Waals surface area contributed by atoms with Gasteiger partial charge in [-0.05, 0) is 39.3 Å². The molecule has 0 saturated heterocycles. The van der Waals surface area contributed by atoms with Crippen molar-refractivity contribution in [3.05, 3.63) is 0 Å². The van der Waals surface area contributed by atoms with Gasteiger partial charge in [0, 0.05) is 13.7 Å². The Bertz CT molecular complexity index is 201. The molecule has 0 aliphatic carbocycles. The van der Waals surface area contributed by atoms with E-state index in [9.17, 15) is 9.46 Å². The van der Waals surface area contributed by atoms with Crippen LogP contribution in [0.2, 0.25) is 0 Å². The topological polar surface area (TPSA) is 67.8 Å². The molecule has 0 aliphatic heterocycles. The van der Waals surface area contributed by atoms with Crippen LogP contribution in [0.4, 0.5) is 0 Å². The molecule has 0 radical (unpaired) electrons. The van der Waals surface area contributed by atoms with E-state index in [0.29, 0.717) is 13.0 Å². The molecule has 6 heteroatoms. The molecule has 1 atom stereocenters. The van der Waals surface area contributed by atoms with Crippen molar-refractivity contribution < 1.29 is 18.7 Å². The van der Waals surface area contributed by atoms with Crippen LogP contribution in [0.15, 0.2) is 0 Å². The minimum absolute atomic E-state index is 0.251. The first-order chi connectivity index (χ1) is 7.62. The Morgan fingerprint density at radius 3 is 2.56 bits per heavy atom. The zero-order valence-corrected chi connectivity index (χ0v) is 11.2. The predicted octanol–water partition coefficient (Wildman–Crippen LogP) is 1.61. The van der Waals surface area contributed by atoms with Crippen LogP contribution in [0.5, 0.6) is 0 Å². The molecular formula is C10H24NO4P. The van der Waals surface area contributed by atoms with Crippen LogP contribution in [0.25, 0.3) is 0 Å². The summed E-state index contributed by atoms with van der Waals surface area (Å²) in [5, 5.41) is 3.25. The quantitative estimate of drug-likeness (QED) is 0.432. The van der Waals surface area contributed by atoms with Gasteiger partial charge in [-0.2, -0.15) is 0 Å². The van der Waals surface area contributed by atoms with E-state index in [-0.39, 0.29) is 6.16 Å². The predicted molar refractivity (Wildman–Crippen MR) is 64.9 cm³/mol. The molecule has 0 spiro atoms. The highest BCUT2D eigenvalue weighted by Crippen LogP contribution is 2.42. The third-order valence-corrected chi connectivity index (χ3v) is 3.62. The third-order valence-electron chi connectivity index (χ3n) is 2.08. The summed E-state index contributed by atoms with van der Waals surface area (Å²) in [5.74, 6) is 0. The van der Waals surface area contributed by atoms with Crippen molar-refractivity contribution in [1.29, 1.82) is 0 Å². The molecule has 16 heavy (non-hydrogen) atoms. The first kappa shape index (κ1) is 16.1. The smallest absolute Gasteiger partial charge is 0.328 e. The lowest BCUT2D eigenvalue weighted by Crippen LogP contribution is -2.18. The summed E-state index contributed by atoms with van der Waals surface area (Å²) in [6, 6.07) is 0. The third kappa shape index (κ3) is 10.6. The van der Waals surface area contributed by atoms with Gasteiger partial charge in [0.05, 0.1) is 12.8 Å². The molecule has 0 aromatic carbocycles. The molecule has 0 aliphatic rings. The fourth-order valence-electron chi connectivity index (χ4n) is 1.29. The molecule has 1 unspecified atom stereocenters. The summed E-state index contributed by atoms with van der Waals surface area (Å²) >= 11 is 0. The molecule has 0 fully saturated rings. The molecule has 0 saturated carbocycles. The van der Waals surface area contributed by atoms with Gasteiger partial charge in [-0.15, -0.1) is 0 Å². The maximum absolute atomic E-state index is 11.3. The Morgan fingerprint density at radius 2 is 1.94 bits per heavy atom. The molecule has 0 amide bonds. The van der Waals surface area contributed by atoms with Crippen molar-refractivity contribution in [2.75, 3.05) is 39.6 Å². The second-order valence-corrected chi connectivity index (χ2v) is 5.56. The Hall–Kier alpha value is 0.0700. The molecule has 5 nitrogen and oxygen atoms in total. The lowest BCUT2D eigenvalue weighted by Gasteiger charge is -2.10. The van der Waals surface area contributed by atoms with Crippen molar-refractivity contribution in [2.45, 2.75) is 26.2 Å². The number of hydrogen-bond acceptors (Lipinski definition) is 4. The lowest BCUT2D eigenvalue weighted by molar-refractivity contribution is 0.194. The standard InChI is InChI=1S/C10H24NO4P/c1-3-15-16(12,13)10-5-4-7-11-8-6-9-14-2/h11H,3-10H2,1-2H3,(H,12,13). The first-order valence-corrected chi connectivity index (χ1v) is 7.54. The molecule has 2 N–H and O–H groups in total. The van der Waals surface area contributed by atoms with E-state index in [1.54, 1.807) is 14.0 Å². The SMILES string of the molecule is CCOP(=O)(O)CCCCNCCCOC. The summed E-state index contributed by atoms with van der Waals surface area (Å²) in [6.45, 7) is 4.58. The molecule has 0 rings (SSSR count). The number of methoxy groups -OCH3 is 1. The molecular weight excluding hydrogens is 229 g/mol. The van der Waals surface area contributed by atoms with Crippen molar-refractivity contribution in [2.24, 2.45) is 0 Å². The van der Waals surface area contributed by atoms with Gasteiger partial charge >= 0.3 is 7.60 Å². The van der Waals surface area contributed by atoms with Crippen LogP contribution < -0.4 is 5.32 Å². The molecule has 0 bridgehead atoms. The van der Waals surface area contributed by atoms with Gasteiger partial charge < -0.3 is 19.5 Å². The summed E-state index contributed by atoms with van der Waals surface area (Å²) in [4.78, 5) is 9.28. The van der Waals surface area contributed by atoms with E-state index in [1.165, 1.54) is 0 Å². The second kappa shape index (κ2) is 10.2. The summed E-state index contributed by atoms with van der Waals surface area (Å²) in [7, 11) is -1.62. The number of unbranched alkanes of at least 4 members (excludes halogenated alkanes) is 1. The number of rotatable bonds is 11. The van der Waals surface area contributed by atoms with Gasteiger partial charge in [0.25, 0.3) is 0 Å². The number of ether oxygens (including phenoxy) is 1. The second-order valence-electron chi connectivity index (χ2n) is 3.58. The van der Waals surface area contributed by atoms with Crippen LogP contribution >= 0.6 is 7.60 Å².